The maximum atomic E-state index is 12.5. The lowest BCUT2D eigenvalue weighted by Gasteiger charge is -2.47. The maximum absolute atomic E-state index is 12.5. The molecule has 0 radical (unpaired) electrons. The summed E-state index contributed by atoms with van der Waals surface area (Å²) < 4.78 is 1.70. The van der Waals surface area contributed by atoms with Crippen molar-refractivity contribution in [2.24, 2.45) is 12.5 Å². The number of aryl methyl sites for hydroxylation is 1. The van der Waals surface area contributed by atoms with Gasteiger partial charge in [0, 0.05) is 19.7 Å². The summed E-state index contributed by atoms with van der Waals surface area (Å²) in [7, 11) is 4.49. The summed E-state index contributed by atoms with van der Waals surface area (Å²) in [6.45, 7) is 4.13. The topological polar surface area (TPSA) is 85.8 Å². The van der Waals surface area contributed by atoms with Crippen molar-refractivity contribution < 1.29 is 4.79 Å². The molecule has 2 aliphatic rings. The minimum atomic E-state index is -0.856. The van der Waals surface area contributed by atoms with Gasteiger partial charge in [0.1, 0.15) is 17.7 Å². The van der Waals surface area contributed by atoms with Crippen molar-refractivity contribution >= 4 is 26.7 Å². The highest BCUT2D eigenvalue weighted by Gasteiger charge is 2.52. The molecule has 6 nitrogen and oxygen atoms in total. The highest BCUT2D eigenvalue weighted by molar-refractivity contribution is 7.22. The molecular weight excluding hydrogens is 309 g/mol. The molecule has 0 amide bonds. The van der Waals surface area contributed by atoms with E-state index in [9.17, 15) is 10.1 Å². The Morgan fingerprint density at radius 2 is 2.17 bits per heavy atom. The number of ketones is 1. The van der Waals surface area contributed by atoms with Gasteiger partial charge < -0.3 is 4.90 Å². The Morgan fingerprint density at radius 3 is 2.74 bits per heavy atom. The molecule has 2 atom stereocenters. The molecule has 1 aliphatic carbocycles. The standard InChI is InChI=1S/C16H18N5OP/c1-15(2)11-5-7-21(12-4-6-19-20(12)3)14(18)16(11,23)8-10(9-17)13(15)22/h4-6,8,18H,7,23H2,1-3H3/t16-/m0/s1. The number of rotatable bonds is 1. The molecular formula is C16H18N5OP. The number of amidine groups is 1. The summed E-state index contributed by atoms with van der Waals surface area (Å²) in [5, 5.41) is 21.3. The molecule has 0 saturated carbocycles. The second-order valence-corrected chi connectivity index (χ2v) is 7.29. The quantitative estimate of drug-likeness (QED) is 0.630. The normalized spacial score (nSPS) is 26.3. The summed E-state index contributed by atoms with van der Waals surface area (Å²) in [6.07, 6.45) is 5.27. The molecule has 0 fully saturated rings. The van der Waals surface area contributed by atoms with E-state index in [2.05, 4.69) is 14.3 Å². The molecule has 0 aromatic carbocycles. The Morgan fingerprint density at radius 1 is 1.48 bits per heavy atom. The van der Waals surface area contributed by atoms with E-state index in [1.54, 1.807) is 17.0 Å². The fraction of sp³-hybridized carbons (Fsp3) is 0.375. The van der Waals surface area contributed by atoms with Gasteiger partial charge in [0.2, 0.25) is 0 Å². The predicted octanol–water partition coefficient (Wildman–Crippen LogP) is 1.82. The summed E-state index contributed by atoms with van der Waals surface area (Å²) in [5.74, 6) is 0.928. The lowest BCUT2D eigenvalue weighted by atomic mass is 9.65. The van der Waals surface area contributed by atoms with E-state index in [-0.39, 0.29) is 11.4 Å². The van der Waals surface area contributed by atoms with Gasteiger partial charge in [-0.15, -0.1) is 9.24 Å². The maximum Gasteiger partial charge on any atom is 0.182 e. The molecule has 23 heavy (non-hydrogen) atoms. The third kappa shape index (κ3) is 2.00. The van der Waals surface area contributed by atoms with Crippen molar-refractivity contribution in [3.8, 4) is 6.07 Å². The van der Waals surface area contributed by atoms with E-state index in [4.69, 9.17) is 5.41 Å². The average molecular weight is 327 g/mol. The first-order chi connectivity index (χ1) is 10.7. The molecule has 3 rings (SSSR count). The molecule has 7 heteroatoms. The minimum Gasteiger partial charge on any atom is -0.310 e. The van der Waals surface area contributed by atoms with Crippen LogP contribution in [0.2, 0.25) is 0 Å². The number of Topliss-reactive ketones (excluding diaryl/α,β-unsaturated/α-hetero) is 1. The van der Waals surface area contributed by atoms with Crippen LogP contribution in [0.25, 0.3) is 0 Å². The molecule has 1 N–H and O–H groups in total. The highest BCUT2D eigenvalue weighted by Crippen LogP contribution is 2.50. The number of hydrogen-bond donors (Lipinski definition) is 1. The average Bonchev–Trinajstić information content (AvgIpc) is 2.91. The van der Waals surface area contributed by atoms with E-state index in [0.29, 0.717) is 12.4 Å². The van der Waals surface area contributed by atoms with Crippen molar-refractivity contribution in [3.05, 3.63) is 35.6 Å². The van der Waals surface area contributed by atoms with E-state index in [1.165, 1.54) is 0 Å². The van der Waals surface area contributed by atoms with Gasteiger partial charge in [-0.05, 0) is 25.5 Å². The first-order valence-electron chi connectivity index (χ1n) is 7.26. The molecule has 1 unspecified atom stereocenters. The van der Waals surface area contributed by atoms with Gasteiger partial charge in [-0.1, -0.05) is 6.08 Å². The minimum absolute atomic E-state index is 0.110. The summed E-state index contributed by atoms with van der Waals surface area (Å²) in [4.78, 5) is 14.3. The van der Waals surface area contributed by atoms with Crippen LogP contribution in [0, 0.1) is 22.2 Å². The monoisotopic (exact) mass is 327 g/mol. The highest BCUT2D eigenvalue weighted by atomic mass is 31.0. The SMILES string of the molecule is Cn1nccc1N1CC=C2C(C)(C)C(=O)C(C#N)=C[C@@]2(P)C1=N. The third-order valence-electron chi connectivity index (χ3n) is 4.64. The molecule has 1 aromatic heterocycles. The fourth-order valence-electron chi connectivity index (χ4n) is 3.39. The number of anilines is 1. The molecule has 0 saturated heterocycles. The van der Waals surface area contributed by atoms with E-state index in [0.717, 1.165) is 11.4 Å². The number of aromatic nitrogens is 2. The van der Waals surface area contributed by atoms with Crippen LogP contribution in [0.4, 0.5) is 5.82 Å². The Bertz CT molecular complexity index is 826. The first kappa shape index (κ1) is 15.6. The Kier molecular flexibility index (Phi) is 3.31. The number of carbonyl (C=O) groups excluding carboxylic acids is 1. The van der Waals surface area contributed by atoms with Crippen molar-refractivity contribution in [2.45, 2.75) is 19.0 Å². The van der Waals surface area contributed by atoms with Gasteiger partial charge in [0.25, 0.3) is 0 Å². The van der Waals surface area contributed by atoms with E-state index < -0.39 is 10.6 Å². The summed E-state index contributed by atoms with van der Waals surface area (Å²) in [6, 6.07) is 3.83. The fourth-order valence-corrected chi connectivity index (χ4v) is 4.19. The number of nitriles is 1. The second kappa shape index (κ2) is 4.87. The molecule has 0 bridgehead atoms. The zero-order chi connectivity index (χ0) is 17.0. The molecule has 1 aromatic rings. The van der Waals surface area contributed by atoms with Crippen LogP contribution in [-0.2, 0) is 11.8 Å². The molecule has 2 heterocycles. The zero-order valence-electron chi connectivity index (χ0n) is 13.3. The van der Waals surface area contributed by atoms with Gasteiger partial charge in [-0.2, -0.15) is 10.4 Å². The number of fused-ring (bicyclic) bond motifs is 1. The van der Waals surface area contributed by atoms with Crippen molar-refractivity contribution in [1.29, 1.82) is 10.7 Å². The molecule has 1 aliphatic heterocycles. The van der Waals surface area contributed by atoms with Crippen molar-refractivity contribution in [3.63, 3.8) is 0 Å². The Balaban J connectivity index is 2.18. The van der Waals surface area contributed by atoms with Crippen LogP contribution in [0.3, 0.4) is 0 Å². The van der Waals surface area contributed by atoms with Crippen LogP contribution in [-0.4, -0.2) is 33.1 Å². The van der Waals surface area contributed by atoms with Gasteiger partial charge in [-0.25, -0.2) is 0 Å². The number of nitrogens with one attached hydrogen (secondary N) is 1. The Hall–Kier alpha value is -2.25. The first-order valence-corrected chi connectivity index (χ1v) is 7.83. The van der Waals surface area contributed by atoms with E-state index in [1.807, 2.05) is 44.0 Å². The number of carbonyl (C=O) groups is 1. The third-order valence-corrected chi connectivity index (χ3v) is 5.39. The second-order valence-electron chi connectivity index (χ2n) is 6.38. The van der Waals surface area contributed by atoms with Crippen LogP contribution in [0.5, 0.6) is 0 Å². The van der Waals surface area contributed by atoms with Crippen LogP contribution < -0.4 is 4.90 Å². The molecule has 0 spiro atoms. The van der Waals surface area contributed by atoms with Gasteiger partial charge in [-0.3, -0.25) is 14.9 Å². The predicted molar refractivity (Wildman–Crippen MR) is 91.3 cm³/mol. The van der Waals surface area contributed by atoms with Crippen LogP contribution in [0.15, 0.2) is 35.6 Å². The van der Waals surface area contributed by atoms with Crippen molar-refractivity contribution in [2.75, 3.05) is 11.4 Å². The van der Waals surface area contributed by atoms with E-state index >= 15 is 0 Å². The smallest absolute Gasteiger partial charge is 0.182 e. The van der Waals surface area contributed by atoms with Crippen LogP contribution in [0.1, 0.15) is 13.8 Å². The van der Waals surface area contributed by atoms with Gasteiger partial charge in [0.05, 0.1) is 22.3 Å². The number of hydrogen-bond acceptors (Lipinski definition) is 4. The zero-order valence-corrected chi connectivity index (χ0v) is 14.4. The van der Waals surface area contributed by atoms with Gasteiger partial charge >= 0.3 is 0 Å². The van der Waals surface area contributed by atoms with Crippen molar-refractivity contribution in [1.82, 2.24) is 9.78 Å². The van der Waals surface area contributed by atoms with Gasteiger partial charge in [0.15, 0.2) is 5.78 Å². The largest absolute Gasteiger partial charge is 0.310 e. The lowest BCUT2D eigenvalue weighted by molar-refractivity contribution is -0.121. The summed E-state index contributed by atoms with van der Waals surface area (Å²) in [5.41, 5.74) is 0.160. The summed E-state index contributed by atoms with van der Waals surface area (Å²) >= 11 is 0. The Labute approximate surface area is 137 Å². The number of nitrogens with zero attached hydrogens (tertiary/aromatic N) is 4. The molecule has 118 valence electrons. The number of allylic oxidation sites excluding steroid dienone is 1. The lowest BCUT2D eigenvalue weighted by Crippen LogP contribution is -2.55. The van der Waals surface area contributed by atoms with Crippen LogP contribution >= 0.6 is 9.24 Å².